The number of amides is 2. The summed E-state index contributed by atoms with van der Waals surface area (Å²) in [6.07, 6.45) is 5.21. The molecule has 2 amide bonds. The molecule has 1 aliphatic heterocycles. The van der Waals surface area contributed by atoms with Crippen molar-refractivity contribution in [1.82, 2.24) is 4.90 Å². The molecular formula is C22H20FNO5. The van der Waals surface area contributed by atoms with Gasteiger partial charge in [-0.15, -0.1) is 0 Å². The molecule has 1 heterocycles. The van der Waals surface area contributed by atoms with Crippen LogP contribution in [0.1, 0.15) is 23.7 Å². The molecule has 150 valence electrons. The van der Waals surface area contributed by atoms with Crippen molar-refractivity contribution in [3.8, 4) is 0 Å². The summed E-state index contributed by atoms with van der Waals surface area (Å²) < 4.78 is 18.0. The first kappa shape index (κ1) is 18.2. The summed E-state index contributed by atoms with van der Waals surface area (Å²) in [5, 5.41) is 0. The number of likely N-dealkylation sites (tertiary alicyclic amines) is 1. The maximum Gasteiger partial charge on any atom is 0.329 e. The van der Waals surface area contributed by atoms with E-state index in [9.17, 15) is 23.6 Å². The van der Waals surface area contributed by atoms with Crippen LogP contribution in [0.15, 0.2) is 36.4 Å². The Bertz CT molecular complexity index is 918. The van der Waals surface area contributed by atoms with Crippen LogP contribution in [0.2, 0.25) is 0 Å². The molecule has 5 aliphatic rings. The Balaban J connectivity index is 1.26. The fraction of sp³-hybridized carbons (Fsp3) is 0.455. The highest BCUT2D eigenvalue weighted by molar-refractivity contribution is 6.09. The lowest BCUT2D eigenvalue weighted by Crippen LogP contribution is -2.45. The van der Waals surface area contributed by atoms with E-state index in [4.69, 9.17) is 4.74 Å². The molecule has 1 aromatic carbocycles. The number of ether oxygens (including phenoxy) is 1. The van der Waals surface area contributed by atoms with Gasteiger partial charge < -0.3 is 4.74 Å². The van der Waals surface area contributed by atoms with Gasteiger partial charge in [0.15, 0.2) is 12.4 Å². The van der Waals surface area contributed by atoms with Gasteiger partial charge in [0.2, 0.25) is 11.8 Å². The van der Waals surface area contributed by atoms with E-state index in [0.29, 0.717) is 11.8 Å². The van der Waals surface area contributed by atoms with E-state index in [1.54, 1.807) is 0 Å². The average molecular weight is 397 g/mol. The summed E-state index contributed by atoms with van der Waals surface area (Å²) in [4.78, 5) is 51.6. The maximum atomic E-state index is 13.0. The van der Waals surface area contributed by atoms with Crippen molar-refractivity contribution in [2.24, 2.45) is 35.5 Å². The molecule has 0 unspecified atom stereocenters. The Hall–Kier alpha value is -2.83. The van der Waals surface area contributed by atoms with Crippen LogP contribution in [0.3, 0.4) is 0 Å². The van der Waals surface area contributed by atoms with Gasteiger partial charge in [0.1, 0.15) is 11.9 Å². The highest BCUT2D eigenvalue weighted by Crippen LogP contribution is 2.65. The summed E-state index contributed by atoms with van der Waals surface area (Å²) in [5.41, 5.74) is 0.216. The predicted octanol–water partition coefficient (Wildman–Crippen LogP) is 1.99. The molecule has 29 heavy (non-hydrogen) atoms. The molecule has 6 nitrogen and oxygen atoms in total. The van der Waals surface area contributed by atoms with E-state index in [1.807, 2.05) is 0 Å². The van der Waals surface area contributed by atoms with Crippen LogP contribution in [0, 0.1) is 41.3 Å². The number of halogens is 1. The van der Waals surface area contributed by atoms with E-state index in [-0.39, 0.29) is 41.0 Å². The minimum absolute atomic E-state index is 0.0831. The quantitative estimate of drug-likeness (QED) is 0.329. The minimum Gasteiger partial charge on any atom is -0.456 e. The normalized spacial score (nSPS) is 34.6. The standard InChI is InChI=1S/C22H20FNO5/c1-10(22(28)29-9-17(25)11-2-4-12(23)5-3-11)24-20(26)18-13-6-7-14(16-8-15(13)16)19(18)21(24)27/h2-7,10,13-16,18-19H,8-9H2,1H3/t10-,13+,14+,15-,16+,18-,19+/m1/s1. The Morgan fingerprint density at radius 2 is 1.62 bits per heavy atom. The number of imide groups is 1. The number of ketones is 1. The molecular weight excluding hydrogens is 377 g/mol. The van der Waals surface area contributed by atoms with E-state index in [2.05, 4.69) is 12.2 Å². The second-order valence-corrected chi connectivity index (χ2v) is 8.41. The molecule has 0 radical (unpaired) electrons. The summed E-state index contributed by atoms with van der Waals surface area (Å²) in [5.74, 6) is -1.99. The predicted molar refractivity (Wildman–Crippen MR) is 97.7 cm³/mol. The van der Waals surface area contributed by atoms with Gasteiger partial charge in [-0.05, 0) is 61.3 Å². The molecule has 1 aromatic rings. The second kappa shape index (κ2) is 6.34. The summed E-state index contributed by atoms with van der Waals surface area (Å²) in [7, 11) is 0. The Morgan fingerprint density at radius 3 is 2.17 bits per heavy atom. The van der Waals surface area contributed by atoms with E-state index in [1.165, 1.54) is 19.1 Å². The molecule has 2 bridgehead atoms. The average Bonchev–Trinajstić information content (AvgIpc) is 3.49. The molecule has 4 aliphatic carbocycles. The number of hydrogen-bond acceptors (Lipinski definition) is 5. The number of rotatable bonds is 5. The van der Waals surface area contributed by atoms with Gasteiger partial charge in [-0.3, -0.25) is 19.3 Å². The van der Waals surface area contributed by atoms with Gasteiger partial charge >= 0.3 is 5.97 Å². The van der Waals surface area contributed by atoms with Crippen molar-refractivity contribution in [3.63, 3.8) is 0 Å². The van der Waals surface area contributed by atoms with Gasteiger partial charge in [-0.1, -0.05) is 12.2 Å². The molecule has 1 saturated heterocycles. The largest absolute Gasteiger partial charge is 0.456 e. The zero-order valence-corrected chi connectivity index (χ0v) is 15.8. The fourth-order valence-electron chi connectivity index (χ4n) is 5.44. The molecule has 0 spiro atoms. The smallest absolute Gasteiger partial charge is 0.329 e. The highest BCUT2D eigenvalue weighted by atomic mass is 19.1. The van der Waals surface area contributed by atoms with Gasteiger partial charge in [0.05, 0.1) is 11.8 Å². The van der Waals surface area contributed by atoms with Gasteiger partial charge in [-0.2, -0.15) is 0 Å². The maximum absolute atomic E-state index is 13.0. The lowest BCUT2D eigenvalue weighted by molar-refractivity contribution is -0.157. The van der Waals surface area contributed by atoms with Crippen molar-refractivity contribution in [1.29, 1.82) is 0 Å². The summed E-state index contributed by atoms with van der Waals surface area (Å²) >= 11 is 0. The van der Waals surface area contributed by atoms with Gasteiger partial charge in [-0.25, -0.2) is 9.18 Å². The third kappa shape index (κ3) is 2.67. The zero-order valence-electron chi connectivity index (χ0n) is 15.8. The molecule has 6 rings (SSSR count). The van der Waals surface area contributed by atoms with E-state index in [0.717, 1.165) is 23.5 Å². The number of benzene rings is 1. The van der Waals surface area contributed by atoms with Crippen LogP contribution in [0.4, 0.5) is 4.39 Å². The monoisotopic (exact) mass is 397 g/mol. The van der Waals surface area contributed by atoms with Gasteiger partial charge in [0.25, 0.3) is 0 Å². The van der Waals surface area contributed by atoms with Crippen molar-refractivity contribution < 1.29 is 28.3 Å². The lowest BCUT2D eigenvalue weighted by Gasteiger charge is -2.37. The minimum atomic E-state index is -1.09. The number of carbonyl (C=O) groups is 4. The number of carbonyl (C=O) groups excluding carboxylic acids is 4. The Labute approximate surface area is 166 Å². The zero-order chi connectivity index (χ0) is 20.4. The number of allylic oxidation sites excluding steroid dienone is 2. The molecule has 7 atom stereocenters. The Morgan fingerprint density at radius 1 is 1.07 bits per heavy atom. The van der Waals surface area contributed by atoms with E-state index >= 15 is 0 Å². The number of Topliss-reactive ketones (excluding diaryl/α,β-unsaturated/α-hetero) is 1. The highest BCUT2D eigenvalue weighted by Gasteiger charge is 2.67. The van der Waals surface area contributed by atoms with Crippen LogP contribution < -0.4 is 0 Å². The molecule has 3 fully saturated rings. The van der Waals surface area contributed by atoms with Crippen LogP contribution in [-0.2, 0) is 19.1 Å². The number of hydrogen-bond donors (Lipinski definition) is 0. The van der Waals surface area contributed by atoms with Crippen LogP contribution in [0.5, 0.6) is 0 Å². The van der Waals surface area contributed by atoms with Crippen LogP contribution in [-0.4, -0.2) is 41.1 Å². The van der Waals surface area contributed by atoms with Crippen molar-refractivity contribution in [2.75, 3.05) is 6.61 Å². The summed E-state index contributed by atoms with van der Waals surface area (Å²) in [6, 6.07) is 3.82. The lowest BCUT2D eigenvalue weighted by atomic mass is 9.63. The molecule has 0 aromatic heterocycles. The van der Waals surface area contributed by atoms with Crippen molar-refractivity contribution in [3.05, 3.63) is 47.8 Å². The number of esters is 1. The molecule has 2 saturated carbocycles. The molecule has 7 heteroatoms. The third-order valence-electron chi connectivity index (χ3n) is 6.94. The Kier molecular flexibility index (Phi) is 3.98. The topological polar surface area (TPSA) is 80.8 Å². The first-order valence-electron chi connectivity index (χ1n) is 9.89. The van der Waals surface area contributed by atoms with Crippen molar-refractivity contribution >= 4 is 23.6 Å². The van der Waals surface area contributed by atoms with Crippen LogP contribution in [0.25, 0.3) is 0 Å². The van der Waals surface area contributed by atoms with E-state index < -0.39 is 30.2 Å². The van der Waals surface area contributed by atoms with Crippen molar-refractivity contribution in [2.45, 2.75) is 19.4 Å². The third-order valence-corrected chi connectivity index (χ3v) is 6.94. The fourth-order valence-corrected chi connectivity index (χ4v) is 5.44. The van der Waals surface area contributed by atoms with Gasteiger partial charge in [0, 0.05) is 5.56 Å². The number of nitrogens with zero attached hydrogens (tertiary/aromatic N) is 1. The molecule has 0 N–H and O–H groups in total. The second-order valence-electron chi connectivity index (χ2n) is 8.41. The summed E-state index contributed by atoms with van der Waals surface area (Å²) in [6.45, 7) is 0.919. The first-order valence-corrected chi connectivity index (χ1v) is 9.89. The SMILES string of the molecule is C[C@H](C(=O)OCC(=O)c1ccc(F)cc1)N1C(=O)[C@@H]2[C@H]3C=C[C@@H]([C@@H]4C[C@H]34)[C@@H]2C1=O. The first-order chi connectivity index (χ1) is 13.9. The van der Waals surface area contributed by atoms with Crippen LogP contribution >= 0.6 is 0 Å².